The maximum absolute atomic E-state index is 11.8. The molecule has 0 unspecified atom stereocenters. The molecule has 0 bridgehead atoms. The number of allylic oxidation sites excluding steroid dienone is 5. The van der Waals surface area contributed by atoms with Gasteiger partial charge in [0.1, 0.15) is 5.83 Å². The number of hydrogen-bond donors (Lipinski definition) is 0. The third-order valence-corrected chi connectivity index (χ3v) is 0.740. The fourth-order valence-corrected chi connectivity index (χ4v) is 0.266. The summed E-state index contributed by atoms with van der Waals surface area (Å²) < 4.78 is 11.8. The lowest BCUT2D eigenvalue weighted by Crippen LogP contribution is -1.63. The molecule has 0 aromatic heterocycles. The molecule has 0 saturated carbocycles. The Morgan fingerprint density at radius 3 is 1.91 bits per heavy atom. The zero-order valence-electron chi connectivity index (χ0n) is 7.23. The molecule has 0 aromatic rings. The summed E-state index contributed by atoms with van der Waals surface area (Å²) in [7, 11) is 0. The Morgan fingerprint density at radius 1 is 1.18 bits per heavy atom. The van der Waals surface area contributed by atoms with Gasteiger partial charge < -0.3 is 0 Å². The van der Waals surface area contributed by atoms with Crippen molar-refractivity contribution in [2.24, 2.45) is 0 Å². The molecule has 62 valence electrons. The SMILES string of the molecule is C=CC(=C)/C=C\C(=C)F.CC. The Kier molecular flexibility index (Phi) is 10.1. The van der Waals surface area contributed by atoms with Crippen LogP contribution < -0.4 is 0 Å². The smallest absolute Gasteiger partial charge is 0.116 e. The summed E-state index contributed by atoms with van der Waals surface area (Å²) in [6.07, 6.45) is 4.29. The molecule has 0 amide bonds. The molecule has 0 radical (unpaired) electrons. The highest BCUT2D eigenvalue weighted by Crippen LogP contribution is 1.98. The van der Waals surface area contributed by atoms with Gasteiger partial charge in [-0.3, -0.25) is 0 Å². The maximum atomic E-state index is 11.8. The van der Waals surface area contributed by atoms with Gasteiger partial charge in [0.2, 0.25) is 0 Å². The topological polar surface area (TPSA) is 0 Å². The predicted octanol–water partition coefficient (Wildman–Crippen LogP) is 3.79. The first-order valence-electron chi connectivity index (χ1n) is 3.50. The van der Waals surface area contributed by atoms with E-state index in [1.165, 1.54) is 12.2 Å². The van der Waals surface area contributed by atoms with Gasteiger partial charge in [-0.1, -0.05) is 45.7 Å². The van der Waals surface area contributed by atoms with Gasteiger partial charge in [-0.05, 0) is 11.6 Å². The van der Waals surface area contributed by atoms with Gasteiger partial charge in [-0.2, -0.15) is 0 Å². The predicted molar refractivity (Wildman–Crippen MR) is 50.1 cm³/mol. The van der Waals surface area contributed by atoms with Gasteiger partial charge in [0.25, 0.3) is 0 Å². The van der Waals surface area contributed by atoms with E-state index in [9.17, 15) is 4.39 Å². The molecular weight excluding hydrogens is 139 g/mol. The van der Waals surface area contributed by atoms with Crippen molar-refractivity contribution in [2.45, 2.75) is 13.8 Å². The fourth-order valence-electron chi connectivity index (χ4n) is 0.266. The van der Waals surface area contributed by atoms with Gasteiger partial charge in [0, 0.05) is 0 Å². The minimum atomic E-state index is -0.474. The zero-order valence-corrected chi connectivity index (χ0v) is 7.23. The molecule has 11 heavy (non-hydrogen) atoms. The van der Waals surface area contributed by atoms with Crippen molar-refractivity contribution in [3.05, 3.63) is 49.4 Å². The van der Waals surface area contributed by atoms with E-state index in [1.54, 1.807) is 6.08 Å². The van der Waals surface area contributed by atoms with Crippen LogP contribution in [-0.2, 0) is 0 Å². The fraction of sp³-hybridized carbons (Fsp3) is 0.200. The van der Waals surface area contributed by atoms with E-state index in [0.717, 1.165) is 0 Å². The first-order chi connectivity index (χ1) is 5.16. The van der Waals surface area contributed by atoms with Crippen LogP contribution in [0.5, 0.6) is 0 Å². The first kappa shape index (κ1) is 12.6. The number of halogens is 1. The third-order valence-electron chi connectivity index (χ3n) is 0.740. The Balaban J connectivity index is 0. The van der Waals surface area contributed by atoms with Crippen molar-refractivity contribution < 1.29 is 4.39 Å². The lowest BCUT2D eigenvalue weighted by molar-refractivity contribution is 0.671. The van der Waals surface area contributed by atoms with E-state index in [4.69, 9.17) is 0 Å². The Morgan fingerprint density at radius 2 is 1.64 bits per heavy atom. The van der Waals surface area contributed by atoms with Gasteiger partial charge in [-0.25, -0.2) is 4.39 Å². The molecule has 0 rings (SSSR count). The average Bonchev–Trinajstić information content (AvgIpc) is 2.04. The van der Waals surface area contributed by atoms with Crippen molar-refractivity contribution in [1.82, 2.24) is 0 Å². The van der Waals surface area contributed by atoms with Gasteiger partial charge in [0.05, 0.1) is 0 Å². The van der Waals surface area contributed by atoms with Crippen LogP contribution in [0.2, 0.25) is 0 Å². The Hall–Kier alpha value is -1.11. The second-order valence-corrected chi connectivity index (χ2v) is 1.56. The third kappa shape index (κ3) is 12.2. The van der Waals surface area contributed by atoms with Crippen LogP contribution in [0.4, 0.5) is 4.39 Å². The molecule has 0 aliphatic rings. The summed E-state index contributed by atoms with van der Waals surface area (Å²) in [6.45, 7) is 14.0. The van der Waals surface area contributed by atoms with Gasteiger partial charge >= 0.3 is 0 Å². The zero-order chi connectivity index (χ0) is 9.28. The minimum absolute atomic E-state index is 0.474. The molecule has 0 aromatic carbocycles. The summed E-state index contributed by atoms with van der Waals surface area (Å²) >= 11 is 0. The second kappa shape index (κ2) is 8.89. The lowest BCUT2D eigenvalue weighted by Gasteiger charge is -1.83. The molecule has 0 saturated heterocycles. The normalized spacial score (nSPS) is 8.27. The van der Waals surface area contributed by atoms with E-state index >= 15 is 0 Å². The molecule has 0 atom stereocenters. The average molecular weight is 154 g/mol. The van der Waals surface area contributed by atoms with Crippen LogP contribution >= 0.6 is 0 Å². The van der Waals surface area contributed by atoms with Crippen molar-refractivity contribution in [3.8, 4) is 0 Å². The van der Waals surface area contributed by atoms with E-state index < -0.39 is 5.83 Å². The van der Waals surface area contributed by atoms with Crippen LogP contribution in [0.3, 0.4) is 0 Å². The van der Waals surface area contributed by atoms with Crippen LogP contribution in [0, 0.1) is 0 Å². The Labute approximate surface area is 68.4 Å². The van der Waals surface area contributed by atoms with Gasteiger partial charge in [-0.15, -0.1) is 0 Å². The minimum Gasteiger partial charge on any atom is -0.208 e. The summed E-state index contributed by atoms with van der Waals surface area (Å²) in [5, 5.41) is 0. The van der Waals surface area contributed by atoms with E-state index in [2.05, 4.69) is 19.7 Å². The highest BCUT2D eigenvalue weighted by Gasteiger charge is 1.78. The number of hydrogen-bond acceptors (Lipinski definition) is 0. The van der Waals surface area contributed by atoms with E-state index in [0.29, 0.717) is 5.57 Å². The summed E-state index contributed by atoms with van der Waals surface area (Å²) in [4.78, 5) is 0. The van der Waals surface area contributed by atoms with Crippen LogP contribution in [-0.4, -0.2) is 0 Å². The Bertz CT molecular complexity index is 164. The van der Waals surface area contributed by atoms with Crippen molar-refractivity contribution >= 4 is 0 Å². The molecule has 0 aliphatic heterocycles. The second-order valence-electron chi connectivity index (χ2n) is 1.56. The molecule has 1 heteroatoms. The van der Waals surface area contributed by atoms with Crippen molar-refractivity contribution in [2.75, 3.05) is 0 Å². The van der Waals surface area contributed by atoms with E-state index in [1.807, 2.05) is 13.8 Å². The molecule has 0 fully saturated rings. The summed E-state index contributed by atoms with van der Waals surface area (Å²) in [5.74, 6) is -0.474. The maximum Gasteiger partial charge on any atom is 0.116 e. The molecule has 0 N–H and O–H groups in total. The highest BCUT2D eigenvalue weighted by molar-refractivity contribution is 5.28. The highest BCUT2D eigenvalue weighted by atomic mass is 19.1. The summed E-state index contributed by atoms with van der Waals surface area (Å²) in [5.41, 5.74) is 0.675. The number of rotatable bonds is 3. The van der Waals surface area contributed by atoms with Crippen molar-refractivity contribution in [1.29, 1.82) is 0 Å². The van der Waals surface area contributed by atoms with Crippen LogP contribution in [0.15, 0.2) is 49.4 Å². The quantitative estimate of drug-likeness (QED) is 0.542. The van der Waals surface area contributed by atoms with Crippen LogP contribution in [0.25, 0.3) is 0 Å². The largest absolute Gasteiger partial charge is 0.208 e. The lowest BCUT2D eigenvalue weighted by atomic mass is 10.3. The van der Waals surface area contributed by atoms with E-state index in [-0.39, 0.29) is 0 Å². The van der Waals surface area contributed by atoms with Crippen LogP contribution in [0.1, 0.15) is 13.8 Å². The molecule has 0 aliphatic carbocycles. The summed E-state index contributed by atoms with van der Waals surface area (Å²) in [6, 6.07) is 0. The molecular formula is C10H15F. The monoisotopic (exact) mass is 154 g/mol. The van der Waals surface area contributed by atoms with Gasteiger partial charge in [0.15, 0.2) is 0 Å². The standard InChI is InChI=1S/C8H9F.C2H6/c1-4-7(2)5-6-8(3)9;1-2/h4-6H,1-3H2;1-2H3/b6-5-;. The first-order valence-corrected chi connectivity index (χ1v) is 3.50. The molecule has 0 nitrogen and oxygen atoms in total. The molecule has 0 heterocycles. The molecule has 0 spiro atoms. The van der Waals surface area contributed by atoms with Crippen molar-refractivity contribution in [3.63, 3.8) is 0 Å².